The summed E-state index contributed by atoms with van der Waals surface area (Å²) in [5.41, 5.74) is 5.03. The number of rotatable bonds is 5. The van der Waals surface area contributed by atoms with E-state index in [0.29, 0.717) is 6.04 Å². The van der Waals surface area contributed by atoms with Gasteiger partial charge in [-0.2, -0.15) is 0 Å². The highest BCUT2D eigenvalue weighted by Crippen LogP contribution is 2.40. The number of carbonyl (C=O) groups is 1. The third kappa shape index (κ3) is 4.41. The summed E-state index contributed by atoms with van der Waals surface area (Å²) in [6, 6.07) is 19.0. The van der Waals surface area contributed by atoms with Gasteiger partial charge in [-0.1, -0.05) is 42.8 Å². The summed E-state index contributed by atoms with van der Waals surface area (Å²) in [6.07, 6.45) is 8.88. The molecule has 2 aliphatic rings. The molecule has 0 radical (unpaired) electrons. The van der Waals surface area contributed by atoms with Gasteiger partial charge >= 0.3 is 0 Å². The summed E-state index contributed by atoms with van der Waals surface area (Å²) in [4.78, 5) is 14.0. The van der Waals surface area contributed by atoms with Crippen molar-refractivity contribution in [1.29, 1.82) is 0 Å². The lowest BCUT2D eigenvalue weighted by Gasteiger charge is -2.34. The van der Waals surface area contributed by atoms with Crippen molar-refractivity contribution < 1.29 is 4.79 Å². The smallest absolute Gasteiger partial charge is 0.221 e. The molecule has 2 aliphatic heterocycles. The van der Waals surface area contributed by atoms with Crippen molar-refractivity contribution in [3.05, 3.63) is 65.2 Å². The fourth-order valence-corrected chi connectivity index (χ4v) is 4.82. The number of hydrogen-bond acceptors (Lipinski definition) is 2. The Bertz CT molecular complexity index is 783. The maximum atomic E-state index is 11.2. The molecule has 2 fully saturated rings. The first-order chi connectivity index (χ1) is 13.2. The summed E-state index contributed by atoms with van der Waals surface area (Å²) in [7, 11) is 0. The van der Waals surface area contributed by atoms with Gasteiger partial charge in [0, 0.05) is 24.7 Å². The van der Waals surface area contributed by atoms with Crippen molar-refractivity contribution in [1.82, 2.24) is 4.90 Å². The third-order valence-corrected chi connectivity index (χ3v) is 6.16. The van der Waals surface area contributed by atoms with E-state index in [1.165, 1.54) is 55.3 Å². The first-order valence-corrected chi connectivity index (χ1v) is 10.4. The maximum Gasteiger partial charge on any atom is 0.221 e. The van der Waals surface area contributed by atoms with E-state index in [0.717, 1.165) is 24.6 Å². The predicted molar refractivity (Wildman–Crippen MR) is 111 cm³/mol. The number of hydrogen-bond donors (Lipinski definition) is 1. The van der Waals surface area contributed by atoms with E-state index >= 15 is 0 Å². The Morgan fingerprint density at radius 1 is 1.00 bits per heavy atom. The molecule has 0 aromatic heterocycles. The molecule has 3 heteroatoms. The number of aryl methyl sites for hydroxylation is 2. The molecular formula is C24H30N2O. The second-order valence-corrected chi connectivity index (χ2v) is 8.10. The number of piperidine rings is 1. The van der Waals surface area contributed by atoms with Gasteiger partial charge in [-0.25, -0.2) is 0 Å². The molecule has 1 N–H and O–H groups in total. The Kier molecular flexibility index (Phi) is 5.58. The highest BCUT2D eigenvalue weighted by Gasteiger charge is 2.35. The average molecular weight is 363 g/mol. The molecule has 2 saturated heterocycles. The topological polar surface area (TPSA) is 32.3 Å². The van der Waals surface area contributed by atoms with E-state index in [9.17, 15) is 4.79 Å². The molecule has 2 atom stereocenters. The molecule has 2 aromatic carbocycles. The number of nitrogens with one attached hydrogen (secondary N) is 1. The largest absolute Gasteiger partial charge is 0.326 e. The molecule has 2 unspecified atom stereocenters. The zero-order valence-electron chi connectivity index (χ0n) is 16.3. The highest BCUT2D eigenvalue weighted by atomic mass is 16.1. The molecule has 2 heterocycles. The molecular weight excluding hydrogens is 332 g/mol. The molecule has 2 aromatic rings. The second-order valence-electron chi connectivity index (χ2n) is 8.10. The normalized spacial score (nSPS) is 22.4. The fraction of sp³-hybridized carbons (Fsp3) is 0.458. The van der Waals surface area contributed by atoms with Crippen LogP contribution in [-0.4, -0.2) is 23.4 Å². The van der Waals surface area contributed by atoms with Gasteiger partial charge in [0.15, 0.2) is 0 Å². The van der Waals surface area contributed by atoms with Crippen molar-refractivity contribution in [2.75, 3.05) is 11.9 Å². The van der Waals surface area contributed by atoms with Crippen LogP contribution in [0.2, 0.25) is 0 Å². The Morgan fingerprint density at radius 2 is 1.81 bits per heavy atom. The molecule has 0 bridgehead atoms. The van der Waals surface area contributed by atoms with E-state index < -0.39 is 0 Å². The molecule has 0 spiro atoms. The summed E-state index contributed by atoms with van der Waals surface area (Å²) in [5, 5.41) is 2.86. The standard InChI is InChI=1S/C24H30N2O/c1-18(27)25-22-6-4-5-20(17-22)9-8-19-10-12-21(13-11-19)24-15-14-23-7-2-3-16-26(23)24/h4-6,10-13,17,23-24H,2-3,7-9,14-16H2,1H3,(H,25,27). The average Bonchev–Trinajstić information content (AvgIpc) is 3.11. The van der Waals surface area contributed by atoms with Gasteiger partial charge in [0.2, 0.25) is 5.91 Å². The van der Waals surface area contributed by atoms with Crippen LogP contribution in [0.5, 0.6) is 0 Å². The summed E-state index contributed by atoms with van der Waals surface area (Å²) in [5.74, 6) is -0.0226. The lowest BCUT2D eigenvalue weighted by molar-refractivity contribution is -0.114. The van der Waals surface area contributed by atoms with E-state index in [1.54, 1.807) is 6.92 Å². The molecule has 142 valence electrons. The lowest BCUT2D eigenvalue weighted by atomic mass is 9.99. The number of anilines is 1. The Hall–Kier alpha value is -2.13. The maximum absolute atomic E-state index is 11.2. The van der Waals surface area contributed by atoms with Crippen LogP contribution in [0.25, 0.3) is 0 Å². The van der Waals surface area contributed by atoms with Crippen molar-refractivity contribution >= 4 is 11.6 Å². The second kappa shape index (κ2) is 8.26. The highest BCUT2D eigenvalue weighted by molar-refractivity contribution is 5.88. The van der Waals surface area contributed by atoms with Crippen molar-refractivity contribution in [2.45, 2.75) is 64.0 Å². The number of nitrogens with zero attached hydrogens (tertiary/aromatic N) is 1. The van der Waals surface area contributed by atoms with Crippen LogP contribution in [0.1, 0.15) is 61.8 Å². The minimum Gasteiger partial charge on any atom is -0.326 e. The van der Waals surface area contributed by atoms with Gasteiger partial charge in [0.05, 0.1) is 0 Å². The lowest BCUT2D eigenvalue weighted by Crippen LogP contribution is -2.35. The van der Waals surface area contributed by atoms with E-state index in [2.05, 4.69) is 46.6 Å². The number of fused-ring (bicyclic) bond motifs is 1. The first kappa shape index (κ1) is 18.2. The molecule has 0 aliphatic carbocycles. The Labute approximate surface area is 162 Å². The van der Waals surface area contributed by atoms with Crippen molar-refractivity contribution in [2.24, 2.45) is 0 Å². The van der Waals surface area contributed by atoms with E-state index in [-0.39, 0.29) is 5.91 Å². The van der Waals surface area contributed by atoms with Gasteiger partial charge in [-0.3, -0.25) is 9.69 Å². The number of benzene rings is 2. The molecule has 3 nitrogen and oxygen atoms in total. The molecule has 27 heavy (non-hydrogen) atoms. The van der Waals surface area contributed by atoms with Gasteiger partial charge in [0.25, 0.3) is 0 Å². The monoisotopic (exact) mass is 362 g/mol. The Morgan fingerprint density at radius 3 is 2.63 bits per heavy atom. The van der Waals surface area contributed by atoms with Crippen LogP contribution >= 0.6 is 0 Å². The van der Waals surface area contributed by atoms with Gasteiger partial charge in [0.1, 0.15) is 0 Å². The van der Waals surface area contributed by atoms with Crippen LogP contribution in [0.3, 0.4) is 0 Å². The Balaban J connectivity index is 1.36. The van der Waals surface area contributed by atoms with Crippen LogP contribution in [0.4, 0.5) is 5.69 Å². The number of carbonyl (C=O) groups excluding carboxylic acids is 1. The van der Waals surface area contributed by atoms with Gasteiger partial charge in [-0.05, 0) is 73.9 Å². The summed E-state index contributed by atoms with van der Waals surface area (Å²) in [6.45, 7) is 2.83. The first-order valence-electron chi connectivity index (χ1n) is 10.4. The van der Waals surface area contributed by atoms with Gasteiger partial charge < -0.3 is 5.32 Å². The molecule has 4 rings (SSSR count). The van der Waals surface area contributed by atoms with Crippen LogP contribution < -0.4 is 5.32 Å². The SMILES string of the molecule is CC(=O)Nc1cccc(CCc2ccc(C3CCC4CCCCN43)cc2)c1. The van der Waals surface area contributed by atoms with Gasteiger partial charge in [-0.15, -0.1) is 0 Å². The number of amides is 1. The predicted octanol–water partition coefficient (Wildman–Crippen LogP) is 5.12. The third-order valence-electron chi connectivity index (χ3n) is 6.16. The quantitative estimate of drug-likeness (QED) is 0.801. The van der Waals surface area contributed by atoms with Crippen molar-refractivity contribution in [3.63, 3.8) is 0 Å². The van der Waals surface area contributed by atoms with E-state index in [4.69, 9.17) is 0 Å². The minimum absolute atomic E-state index is 0.0226. The fourth-order valence-electron chi connectivity index (χ4n) is 4.82. The zero-order chi connectivity index (χ0) is 18.6. The zero-order valence-corrected chi connectivity index (χ0v) is 16.3. The molecule has 0 saturated carbocycles. The minimum atomic E-state index is -0.0226. The van der Waals surface area contributed by atoms with Crippen LogP contribution in [0.15, 0.2) is 48.5 Å². The molecule has 1 amide bonds. The van der Waals surface area contributed by atoms with Crippen molar-refractivity contribution in [3.8, 4) is 0 Å². The van der Waals surface area contributed by atoms with Crippen LogP contribution in [-0.2, 0) is 17.6 Å². The van der Waals surface area contributed by atoms with E-state index in [1.807, 2.05) is 12.1 Å². The summed E-state index contributed by atoms with van der Waals surface area (Å²) >= 11 is 0. The van der Waals surface area contributed by atoms with Crippen LogP contribution in [0, 0.1) is 0 Å². The summed E-state index contributed by atoms with van der Waals surface area (Å²) < 4.78 is 0.